The summed E-state index contributed by atoms with van der Waals surface area (Å²) in [6, 6.07) is 1.04. The van der Waals surface area contributed by atoms with Crippen LogP contribution >= 0.6 is 0 Å². The number of hydrogen-bond donors (Lipinski definition) is 1. The molecular weight excluding hydrogens is 160 g/mol. The molecule has 2 heteroatoms. The van der Waals surface area contributed by atoms with Crippen molar-refractivity contribution < 1.29 is 0 Å². The monoisotopic (exact) mass is 186 g/mol. The lowest BCUT2D eigenvalue weighted by Gasteiger charge is -2.26. The summed E-state index contributed by atoms with van der Waals surface area (Å²) in [6.45, 7) is 11.3. The zero-order valence-corrected chi connectivity index (χ0v) is 9.71. The molecule has 0 saturated carbocycles. The summed E-state index contributed by atoms with van der Waals surface area (Å²) in [6.07, 6.45) is 3.46. The zero-order chi connectivity index (χ0) is 10.3. The van der Waals surface area contributed by atoms with Gasteiger partial charge < -0.3 is 10.6 Å². The van der Waals surface area contributed by atoms with Gasteiger partial charge in [-0.25, -0.2) is 0 Å². The van der Waals surface area contributed by atoms with Crippen LogP contribution in [0.4, 0.5) is 0 Å². The van der Waals surface area contributed by atoms with Gasteiger partial charge >= 0.3 is 0 Å². The molecular formula is C11H26N2. The Labute approximate surface area is 83.5 Å². The van der Waals surface area contributed by atoms with Crippen LogP contribution in [-0.2, 0) is 0 Å². The Hall–Kier alpha value is -0.0800. The van der Waals surface area contributed by atoms with Gasteiger partial charge in [-0.2, -0.15) is 0 Å². The SMILES string of the molecule is CCCN(CCC(N)CC)C(C)C. The van der Waals surface area contributed by atoms with Crippen LogP contribution in [0.1, 0.15) is 47.0 Å². The molecule has 0 aliphatic carbocycles. The predicted octanol–water partition coefficient (Wildman–Crippen LogP) is 2.23. The van der Waals surface area contributed by atoms with Crippen molar-refractivity contribution in [2.24, 2.45) is 5.73 Å². The maximum Gasteiger partial charge on any atom is 0.00483 e. The second kappa shape index (κ2) is 7.34. The van der Waals surface area contributed by atoms with Gasteiger partial charge in [0.25, 0.3) is 0 Å². The van der Waals surface area contributed by atoms with Gasteiger partial charge in [-0.15, -0.1) is 0 Å². The Morgan fingerprint density at radius 3 is 2.15 bits per heavy atom. The van der Waals surface area contributed by atoms with E-state index in [4.69, 9.17) is 5.73 Å². The van der Waals surface area contributed by atoms with E-state index in [1.807, 2.05) is 0 Å². The molecule has 0 bridgehead atoms. The third-order valence-corrected chi connectivity index (χ3v) is 2.55. The van der Waals surface area contributed by atoms with Crippen molar-refractivity contribution in [1.29, 1.82) is 0 Å². The quantitative estimate of drug-likeness (QED) is 0.660. The van der Waals surface area contributed by atoms with Crippen LogP contribution in [0.5, 0.6) is 0 Å². The highest BCUT2D eigenvalue weighted by Gasteiger charge is 2.09. The molecule has 1 unspecified atom stereocenters. The Balaban J connectivity index is 3.68. The van der Waals surface area contributed by atoms with E-state index in [0.29, 0.717) is 12.1 Å². The summed E-state index contributed by atoms with van der Waals surface area (Å²) in [5.74, 6) is 0. The molecule has 0 aromatic heterocycles. The molecule has 0 aromatic carbocycles. The van der Waals surface area contributed by atoms with Crippen molar-refractivity contribution in [3.63, 3.8) is 0 Å². The van der Waals surface area contributed by atoms with Crippen LogP contribution in [0, 0.1) is 0 Å². The van der Waals surface area contributed by atoms with Crippen LogP contribution < -0.4 is 5.73 Å². The summed E-state index contributed by atoms with van der Waals surface area (Å²) in [4.78, 5) is 2.51. The lowest BCUT2D eigenvalue weighted by atomic mass is 10.1. The van der Waals surface area contributed by atoms with Crippen LogP contribution in [-0.4, -0.2) is 30.1 Å². The Kier molecular flexibility index (Phi) is 7.29. The molecule has 1 atom stereocenters. The highest BCUT2D eigenvalue weighted by atomic mass is 15.1. The Morgan fingerprint density at radius 2 is 1.77 bits per heavy atom. The minimum absolute atomic E-state index is 0.387. The van der Waals surface area contributed by atoms with E-state index in [1.165, 1.54) is 13.0 Å². The van der Waals surface area contributed by atoms with E-state index in [0.717, 1.165) is 19.4 Å². The molecule has 0 spiro atoms. The van der Waals surface area contributed by atoms with Crippen LogP contribution in [0.3, 0.4) is 0 Å². The molecule has 80 valence electrons. The molecule has 0 radical (unpaired) electrons. The molecule has 2 N–H and O–H groups in total. The fourth-order valence-electron chi connectivity index (χ4n) is 1.45. The summed E-state index contributed by atoms with van der Waals surface area (Å²) in [5.41, 5.74) is 5.89. The number of nitrogens with two attached hydrogens (primary N) is 1. The lowest BCUT2D eigenvalue weighted by molar-refractivity contribution is 0.213. The molecule has 0 aromatic rings. The van der Waals surface area contributed by atoms with Crippen molar-refractivity contribution in [2.75, 3.05) is 13.1 Å². The molecule has 0 rings (SSSR count). The van der Waals surface area contributed by atoms with Crippen molar-refractivity contribution >= 4 is 0 Å². The van der Waals surface area contributed by atoms with E-state index in [9.17, 15) is 0 Å². The topological polar surface area (TPSA) is 29.3 Å². The fourth-order valence-corrected chi connectivity index (χ4v) is 1.45. The zero-order valence-electron chi connectivity index (χ0n) is 9.71. The number of nitrogens with zero attached hydrogens (tertiary/aromatic N) is 1. The molecule has 13 heavy (non-hydrogen) atoms. The van der Waals surface area contributed by atoms with E-state index >= 15 is 0 Å². The van der Waals surface area contributed by atoms with Crippen molar-refractivity contribution in [3.05, 3.63) is 0 Å². The van der Waals surface area contributed by atoms with Gasteiger partial charge in [-0.1, -0.05) is 13.8 Å². The van der Waals surface area contributed by atoms with Gasteiger partial charge in [0.1, 0.15) is 0 Å². The number of hydrogen-bond acceptors (Lipinski definition) is 2. The van der Waals surface area contributed by atoms with Gasteiger partial charge in [0.15, 0.2) is 0 Å². The third kappa shape index (κ3) is 6.05. The van der Waals surface area contributed by atoms with Crippen LogP contribution in [0.15, 0.2) is 0 Å². The van der Waals surface area contributed by atoms with Crippen molar-refractivity contribution in [2.45, 2.75) is 59.0 Å². The Bertz CT molecular complexity index is 113. The largest absolute Gasteiger partial charge is 0.328 e. The minimum atomic E-state index is 0.387. The average molecular weight is 186 g/mol. The van der Waals surface area contributed by atoms with Crippen molar-refractivity contribution in [1.82, 2.24) is 4.90 Å². The third-order valence-electron chi connectivity index (χ3n) is 2.55. The first-order valence-electron chi connectivity index (χ1n) is 5.61. The van der Waals surface area contributed by atoms with Gasteiger partial charge in [-0.3, -0.25) is 0 Å². The smallest absolute Gasteiger partial charge is 0.00483 e. The van der Waals surface area contributed by atoms with Crippen LogP contribution in [0.2, 0.25) is 0 Å². The predicted molar refractivity (Wildman–Crippen MR) is 59.9 cm³/mol. The minimum Gasteiger partial charge on any atom is -0.328 e. The standard InChI is InChI=1S/C11H26N2/c1-5-8-13(10(3)4)9-7-11(12)6-2/h10-11H,5-9,12H2,1-4H3. The Morgan fingerprint density at radius 1 is 1.15 bits per heavy atom. The maximum atomic E-state index is 5.89. The number of rotatable bonds is 7. The molecule has 0 amide bonds. The first-order valence-corrected chi connectivity index (χ1v) is 5.61. The van der Waals surface area contributed by atoms with Gasteiger partial charge in [0.05, 0.1) is 0 Å². The molecule has 0 aliphatic rings. The fraction of sp³-hybridized carbons (Fsp3) is 1.00. The van der Waals surface area contributed by atoms with Gasteiger partial charge in [0.2, 0.25) is 0 Å². The van der Waals surface area contributed by atoms with Gasteiger partial charge in [0, 0.05) is 12.1 Å². The maximum absolute atomic E-state index is 5.89. The summed E-state index contributed by atoms with van der Waals surface area (Å²) >= 11 is 0. The first-order chi connectivity index (χ1) is 6.11. The lowest BCUT2D eigenvalue weighted by Crippen LogP contribution is -2.35. The molecule has 0 heterocycles. The molecule has 0 aliphatic heterocycles. The molecule has 0 fully saturated rings. The summed E-state index contributed by atoms with van der Waals surface area (Å²) in [5, 5.41) is 0. The van der Waals surface area contributed by atoms with Crippen molar-refractivity contribution in [3.8, 4) is 0 Å². The highest BCUT2D eigenvalue weighted by molar-refractivity contribution is 4.66. The van der Waals surface area contributed by atoms with E-state index in [2.05, 4.69) is 32.6 Å². The summed E-state index contributed by atoms with van der Waals surface area (Å²) in [7, 11) is 0. The summed E-state index contributed by atoms with van der Waals surface area (Å²) < 4.78 is 0. The van der Waals surface area contributed by atoms with E-state index in [-0.39, 0.29) is 0 Å². The first kappa shape index (κ1) is 12.9. The normalized spacial score (nSPS) is 14.1. The van der Waals surface area contributed by atoms with E-state index in [1.54, 1.807) is 0 Å². The van der Waals surface area contributed by atoms with Crippen LogP contribution in [0.25, 0.3) is 0 Å². The second-order valence-electron chi connectivity index (χ2n) is 4.09. The second-order valence-corrected chi connectivity index (χ2v) is 4.09. The molecule has 2 nitrogen and oxygen atoms in total. The van der Waals surface area contributed by atoms with E-state index < -0.39 is 0 Å². The van der Waals surface area contributed by atoms with Gasteiger partial charge in [-0.05, 0) is 46.2 Å². The average Bonchev–Trinajstić information content (AvgIpc) is 2.11. The molecule has 0 saturated heterocycles. The highest BCUT2D eigenvalue weighted by Crippen LogP contribution is 2.03.